The van der Waals surface area contributed by atoms with Crippen molar-refractivity contribution in [2.45, 2.75) is 65.3 Å². The summed E-state index contributed by atoms with van der Waals surface area (Å²) in [6.07, 6.45) is 6.74. The number of amides is 1. The van der Waals surface area contributed by atoms with Gasteiger partial charge in [-0.2, -0.15) is 0 Å². The lowest BCUT2D eigenvalue weighted by atomic mass is 9.69. The van der Waals surface area contributed by atoms with Crippen molar-refractivity contribution in [3.8, 4) is 0 Å². The summed E-state index contributed by atoms with van der Waals surface area (Å²) in [5.74, 6) is 1.06. The van der Waals surface area contributed by atoms with Crippen LogP contribution in [0.25, 0.3) is 0 Å². The standard InChI is InChI=1S/C16H29NO2/c1-16(2,3)13-6-4-5-7-14(13)17-15(18)12-8-10-19-11-9-12/h12-14H,4-11H2,1-3H3,(H,17,18)/t13-,14-/m1/s1. The fourth-order valence-electron chi connectivity index (χ4n) is 3.60. The Kier molecular flexibility index (Phi) is 4.88. The second-order valence-corrected chi connectivity index (χ2v) is 7.26. The van der Waals surface area contributed by atoms with Gasteiger partial charge in [0.1, 0.15) is 0 Å². The van der Waals surface area contributed by atoms with E-state index >= 15 is 0 Å². The van der Waals surface area contributed by atoms with Gasteiger partial charge in [0.05, 0.1) is 0 Å². The Hall–Kier alpha value is -0.570. The molecule has 1 saturated heterocycles. The van der Waals surface area contributed by atoms with Crippen LogP contribution in [0.5, 0.6) is 0 Å². The van der Waals surface area contributed by atoms with E-state index in [1.54, 1.807) is 0 Å². The van der Waals surface area contributed by atoms with Gasteiger partial charge < -0.3 is 10.1 Å². The van der Waals surface area contributed by atoms with Gasteiger partial charge in [-0.05, 0) is 37.0 Å². The molecule has 1 aliphatic heterocycles. The first kappa shape index (κ1) is 14.8. The summed E-state index contributed by atoms with van der Waals surface area (Å²) in [6, 6.07) is 0.379. The van der Waals surface area contributed by atoms with E-state index in [0.717, 1.165) is 32.5 Å². The zero-order valence-corrected chi connectivity index (χ0v) is 12.7. The van der Waals surface area contributed by atoms with Gasteiger partial charge in [0.25, 0.3) is 0 Å². The van der Waals surface area contributed by atoms with E-state index in [1.807, 2.05) is 0 Å². The topological polar surface area (TPSA) is 38.3 Å². The van der Waals surface area contributed by atoms with E-state index in [4.69, 9.17) is 4.74 Å². The molecule has 0 bridgehead atoms. The van der Waals surface area contributed by atoms with Gasteiger partial charge in [0.2, 0.25) is 5.91 Å². The maximum atomic E-state index is 12.4. The van der Waals surface area contributed by atoms with Gasteiger partial charge in [-0.25, -0.2) is 0 Å². The zero-order chi connectivity index (χ0) is 13.9. The van der Waals surface area contributed by atoms with Crippen LogP contribution in [0.3, 0.4) is 0 Å². The van der Waals surface area contributed by atoms with Crippen LogP contribution in [0, 0.1) is 17.3 Å². The highest BCUT2D eigenvalue weighted by atomic mass is 16.5. The van der Waals surface area contributed by atoms with E-state index in [0.29, 0.717) is 12.0 Å². The molecule has 0 unspecified atom stereocenters. The van der Waals surface area contributed by atoms with E-state index in [2.05, 4.69) is 26.1 Å². The summed E-state index contributed by atoms with van der Waals surface area (Å²) in [7, 11) is 0. The molecule has 0 aromatic carbocycles. The first-order chi connectivity index (χ1) is 8.98. The average molecular weight is 267 g/mol. The minimum absolute atomic E-state index is 0.177. The number of nitrogens with one attached hydrogen (secondary N) is 1. The third-order valence-electron chi connectivity index (χ3n) is 4.80. The van der Waals surface area contributed by atoms with Crippen molar-refractivity contribution in [1.29, 1.82) is 0 Å². The van der Waals surface area contributed by atoms with Crippen molar-refractivity contribution in [2.24, 2.45) is 17.3 Å². The van der Waals surface area contributed by atoms with Gasteiger partial charge in [-0.1, -0.05) is 33.6 Å². The second kappa shape index (κ2) is 6.25. The highest BCUT2D eigenvalue weighted by Crippen LogP contribution is 2.38. The lowest BCUT2D eigenvalue weighted by Crippen LogP contribution is -2.49. The number of hydrogen-bond donors (Lipinski definition) is 1. The third-order valence-corrected chi connectivity index (χ3v) is 4.80. The van der Waals surface area contributed by atoms with E-state index in [-0.39, 0.29) is 17.2 Å². The molecule has 0 aromatic heterocycles. The smallest absolute Gasteiger partial charge is 0.223 e. The molecule has 1 saturated carbocycles. The number of rotatable bonds is 2. The maximum Gasteiger partial charge on any atom is 0.223 e. The summed E-state index contributed by atoms with van der Waals surface area (Å²) < 4.78 is 5.34. The molecule has 0 spiro atoms. The molecule has 3 heteroatoms. The number of carbonyl (C=O) groups excluding carboxylic acids is 1. The monoisotopic (exact) mass is 267 g/mol. The summed E-state index contributed by atoms with van der Waals surface area (Å²) in [5.41, 5.74) is 0.286. The second-order valence-electron chi connectivity index (χ2n) is 7.26. The van der Waals surface area contributed by atoms with Crippen molar-refractivity contribution in [3.63, 3.8) is 0 Å². The molecule has 0 radical (unpaired) electrons. The normalized spacial score (nSPS) is 30.1. The van der Waals surface area contributed by atoms with Crippen molar-refractivity contribution >= 4 is 5.91 Å². The van der Waals surface area contributed by atoms with Crippen LogP contribution in [-0.4, -0.2) is 25.2 Å². The lowest BCUT2D eigenvalue weighted by Gasteiger charge is -2.41. The Bertz CT molecular complexity index is 302. The molecule has 19 heavy (non-hydrogen) atoms. The highest BCUT2D eigenvalue weighted by molar-refractivity contribution is 5.79. The molecule has 1 N–H and O–H groups in total. The summed E-state index contributed by atoms with van der Waals surface area (Å²) in [5, 5.41) is 3.35. The SMILES string of the molecule is CC(C)(C)[C@@H]1CCCC[C@H]1NC(=O)C1CCOCC1. The van der Waals surface area contributed by atoms with E-state index < -0.39 is 0 Å². The molecule has 2 aliphatic rings. The third kappa shape index (κ3) is 3.95. The first-order valence-electron chi connectivity index (χ1n) is 7.86. The molecule has 0 aromatic rings. The predicted octanol–water partition coefficient (Wildman–Crippen LogP) is 3.13. The molecule has 1 aliphatic carbocycles. The molecular weight excluding hydrogens is 238 g/mol. The average Bonchev–Trinajstić information content (AvgIpc) is 2.39. The van der Waals surface area contributed by atoms with Crippen LogP contribution in [0.1, 0.15) is 59.3 Å². The van der Waals surface area contributed by atoms with Crippen LogP contribution >= 0.6 is 0 Å². The minimum Gasteiger partial charge on any atom is -0.381 e. The molecule has 110 valence electrons. The molecule has 1 amide bonds. The van der Waals surface area contributed by atoms with Gasteiger partial charge in [-0.3, -0.25) is 4.79 Å². The number of hydrogen-bond acceptors (Lipinski definition) is 2. The largest absolute Gasteiger partial charge is 0.381 e. The van der Waals surface area contributed by atoms with Crippen molar-refractivity contribution in [3.05, 3.63) is 0 Å². The highest BCUT2D eigenvalue weighted by Gasteiger charge is 2.36. The Morgan fingerprint density at radius 1 is 1.05 bits per heavy atom. The molecule has 2 fully saturated rings. The molecule has 3 nitrogen and oxygen atoms in total. The quantitative estimate of drug-likeness (QED) is 0.834. The molecule has 1 heterocycles. The summed E-state index contributed by atoms with van der Waals surface area (Å²) in [4.78, 5) is 12.4. The fraction of sp³-hybridized carbons (Fsp3) is 0.938. The molecular formula is C16H29NO2. The van der Waals surface area contributed by atoms with Crippen LogP contribution in [0.15, 0.2) is 0 Å². The zero-order valence-electron chi connectivity index (χ0n) is 12.7. The predicted molar refractivity (Wildman–Crippen MR) is 76.9 cm³/mol. The Morgan fingerprint density at radius 3 is 2.32 bits per heavy atom. The van der Waals surface area contributed by atoms with Crippen LogP contribution < -0.4 is 5.32 Å². The van der Waals surface area contributed by atoms with Gasteiger partial charge in [0, 0.05) is 25.2 Å². The van der Waals surface area contributed by atoms with Crippen LogP contribution in [0.2, 0.25) is 0 Å². The lowest BCUT2D eigenvalue weighted by molar-refractivity contribution is -0.129. The minimum atomic E-state index is 0.177. The summed E-state index contributed by atoms with van der Waals surface area (Å²) in [6.45, 7) is 8.39. The Labute approximate surface area is 117 Å². The first-order valence-corrected chi connectivity index (χ1v) is 7.86. The van der Waals surface area contributed by atoms with E-state index in [9.17, 15) is 4.79 Å². The van der Waals surface area contributed by atoms with Crippen LogP contribution in [0.4, 0.5) is 0 Å². The number of carbonyl (C=O) groups is 1. The van der Waals surface area contributed by atoms with Crippen molar-refractivity contribution in [1.82, 2.24) is 5.32 Å². The van der Waals surface area contributed by atoms with Gasteiger partial charge in [-0.15, -0.1) is 0 Å². The summed E-state index contributed by atoms with van der Waals surface area (Å²) >= 11 is 0. The van der Waals surface area contributed by atoms with E-state index in [1.165, 1.54) is 19.3 Å². The van der Waals surface area contributed by atoms with Crippen LogP contribution in [-0.2, 0) is 9.53 Å². The van der Waals surface area contributed by atoms with Crippen molar-refractivity contribution < 1.29 is 9.53 Å². The maximum absolute atomic E-state index is 12.4. The van der Waals surface area contributed by atoms with Crippen molar-refractivity contribution in [2.75, 3.05) is 13.2 Å². The Morgan fingerprint density at radius 2 is 1.68 bits per heavy atom. The Balaban J connectivity index is 1.93. The number of ether oxygens (including phenoxy) is 1. The molecule has 2 rings (SSSR count). The van der Waals surface area contributed by atoms with Gasteiger partial charge in [0.15, 0.2) is 0 Å². The van der Waals surface area contributed by atoms with Gasteiger partial charge >= 0.3 is 0 Å². The molecule has 2 atom stereocenters. The fourth-order valence-corrected chi connectivity index (χ4v) is 3.60.